The van der Waals surface area contributed by atoms with Crippen LogP contribution in [0, 0.1) is 5.82 Å². The van der Waals surface area contributed by atoms with Crippen LogP contribution in [0.3, 0.4) is 0 Å². The Morgan fingerprint density at radius 1 is 1.20 bits per heavy atom. The van der Waals surface area contributed by atoms with Gasteiger partial charge < -0.3 is 10.0 Å². The molecule has 2 aliphatic heterocycles. The summed E-state index contributed by atoms with van der Waals surface area (Å²) in [5.41, 5.74) is 1.74. The highest BCUT2D eigenvalue weighted by atomic mass is 32.2. The Balaban J connectivity index is 1.67. The number of amides is 1. The van der Waals surface area contributed by atoms with Crippen molar-refractivity contribution in [2.75, 3.05) is 17.4 Å². The molecule has 8 nitrogen and oxygen atoms in total. The van der Waals surface area contributed by atoms with Gasteiger partial charge in [-0.2, -0.15) is 13.1 Å². The lowest BCUT2D eigenvalue weighted by Gasteiger charge is -2.22. The van der Waals surface area contributed by atoms with Gasteiger partial charge in [-0.15, -0.1) is 0 Å². The maximum atomic E-state index is 13.2. The third kappa shape index (κ3) is 2.79. The van der Waals surface area contributed by atoms with Crippen molar-refractivity contribution >= 4 is 32.7 Å². The molecule has 2 N–H and O–H groups in total. The molecule has 154 valence electrons. The van der Waals surface area contributed by atoms with Gasteiger partial charge in [0.15, 0.2) is 5.75 Å². The second-order valence-electron chi connectivity index (χ2n) is 7.21. The standard InChI is InChI=1S/C20H17FN4O4S/c21-13-5-3-12(4-6-13)10-24-11-15-16(20(24)27)19(26)17-14(2-1-7-22-17)18(15)25-9-8-23-30(25,28)29/h1-7,23,26H,8-11H2. The van der Waals surface area contributed by atoms with Gasteiger partial charge in [0.1, 0.15) is 11.3 Å². The summed E-state index contributed by atoms with van der Waals surface area (Å²) < 4.78 is 42.1. The number of phenols is 1. The molecule has 0 saturated carbocycles. The summed E-state index contributed by atoms with van der Waals surface area (Å²) in [5, 5.41) is 11.3. The molecule has 10 heteroatoms. The summed E-state index contributed by atoms with van der Waals surface area (Å²) in [5.74, 6) is -1.07. The molecule has 0 aliphatic carbocycles. The summed E-state index contributed by atoms with van der Waals surface area (Å²) in [6, 6.07) is 9.12. The molecule has 2 aromatic carbocycles. The minimum atomic E-state index is -3.76. The van der Waals surface area contributed by atoms with Gasteiger partial charge in [-0.05, 0) is 29.8 Å². The molecule has 1 saturated heterocycles. The van der Waals surface area contributed by atoms with Crippen LogP contribution >= 0.6 is 0 Å². The summed E-state index contributed by atoms with van der Waals surface area (Å²) in [4.78, 5) is 18.8. The first-order valence-corrected chi connectivity index (χ1v) is 10.7. The number of anilines is 1. The third-order valence-corrected chi connectivity index (χ3v) is 6.90. The molecule has 5 rings (SSSR count). The lowest BCUT2D eigenvalue weighted by molar-refractivity contribution is 0.0764. The number of fused-ring (bicyclic) bond motifs is 2. The number of rotatable bonds is 3. The van der Waals surface area contributed by atoms with Crippen molar-refractivity contribution in [1.82, 2.24) is 14.6 Å². The van der Waals surface area contributed by atoms with Crippen molar-refractivity contribution in [3.63, 3.8) is 0 Å². The molecule has 1 amide bonds. The van der Waals surface area contributed by atoms with Crippen molar-refractivity contribution in [2.45, 2.75) is 13.1 Å². The maximum absolute atomic E-state index is 13.2. The molecule has 0 spiro atoms. The Morgan fingerprint density at radius 2 is 1.97 bits per heavy atom. The molecule has 0 radical (unpaired) electrons. The van der Waals surface area contributed by atoms with Crippen LogP contribution in [0.5, 0.6) is 5.75 Å². The minimum absolute atomic E-state index is 0.0559. The Bertz CT molecular complexity index is 1290. The number of carbonyl (C=O) groups excluding carboxylic acids is 1. The van der Waals surface area contributed by atoms with E-state index in [2.05, 4.69) is 9.71 Å². The molecular weight excluding hydrogens is 411 g/mol. The van der Waals surface area contributed by atoms with Crippen LogP contribution in [-0.2, 0) is 23.3 Å². The second-order valence-corrected chi connectivity index (χ2v) is 8.89. The van der Waals surface area contributed by atoms with E-state index in [9.17, 15) is 22.7 Å². The smallest absolute Gasteiger partial charge is 0.301 e. The van der Waals surface area contributed by atoms with E-state index >= 15 is 0 Å². The van der Waals surface area contributed by atoms with E-state index in [-0.39, 0.29) is 48.8 Å². The number of benzene rings is 2. The predicted octanol–water partition coefficient (Wildman–Crippen LogP) is 1.89. The first kappa shape index (κ1) is 18.8. The fourth-order valence-corrected chi connectivity index (χ4v) is 5.35. The molecule has 1 fully saturated rings. The zero-order valence-corrected chi connectivity index (χ0v) is 16.5. The number of hydrogen-bond donors (Lipinski definition) is 2. The van der Waals surface area contributed by atoms with Crippen LogP contribution in [0.1, 0.15) is 21.5 Å². The van der Waals surface area contributed by atoms with Crippen LogP contribution < -0.4 is 9.03 Å². The van der Waals surface area contributed by atoms with Gasteiger partial charge in [-0.1, -0.05) is 12.1 Å². The summed E-state index contributed by atoms with van der Waals surface area (Å²) >= 11 is 0. The molecule has 30 heavy (non-hydrogen) atoms. The highest BCUT2D eigenvalue weighted by Crippen LogP contribution is 2.45. The highest BCUT2D eigenvalue weighted by Gasteiger charge is 2.39. The quantitative estimate of drug-likeness (QED) is 0.663. The fraction of sp³-hybridized carbons (Fsp3) is 0.200. The normalized spacial score (nSPS) is 17.7. The van der Waals surface area contributed by atoms with Crippen molar-refractivity contribution in [3.8, 4) is 5.75 Å². The van der Waals surface area contributed by atoms with E-state index in [1.807, 2.05) is 0 Å². The largest absolute Gasteiger partial charge is 0.505 e. The maximum Gasteiger partial charge on any atom is 0.301 e. The van der Waals surface area contributed by atoms with Gasteiger partial charge in [0.05, 0.1) is 11.3 Å². The molecule has 1 aromatic heterocycles. The van der Waals surface area contributed by atoms with E-state index in [0.29, 0.717) is 16.6 Å². The molecule has 3 aromatic rings. The third-order valence-electron chi connectivity index (χ3n) is 5.39. The van der Waals surface area contributed by atoms with Crippen molar-refractivity contribution in [2.24, 2.45) is 0 Å². The van der Waals surface area contributed by atoms with Crippen molar-refractivity contribution < 1.29 is 22.7 Å². The zero-order valence-electron chi connectivity index (χ0n) is 15.7. The fourth-order valence-electron chi connectivity index (χ4n) is 4.06. The number of nitrogens with zero attached hydrogens (tertiary/aromatic N) is 3. The molecule has 2 aliphatic rings. The number of phenolic OH excluding ortho intramolecular Hbond substituents is 1. The lowest BCUT2D eigenvalue weighted by Crippen LogP contribution is -2.30. The van der Waals surface area contributed by atoms with Crippen molar-refractivity contribution in [3.05, 3.63) is 65.1 Å². The summed E-state index contributed by atoms with van der Waals surface area (Å²) in [6.45, 7) is 0.759. The van der Waals surface area contributed by atoms with Crippen LogP contribution in [0.4, 0.5) is 10.1 Å². The average molecular weight is 428 g/mol. The Labute approximate surface area is 171 Å². The van der Waals surface area contributed by atoms with E-state index in [0.717, 1.165) is 5.56 Å². The molecule has 0 atom stereocenters. The highest BCUT2D eigenvalue weighted by molar-refractivity contribution is 7.91. The molecule has 3 heterocycles. The number of nitrogens with one attached hydrogen (secondary N) is 1. The second kappa shape index (κ2) is 6.64. The minimum Gasteiger partial charge on any atom is -0.505 e. The number of pyridine rings is 1. The Morgan fingerprint density at radius 3 is 2.67 bits per heavy atom. The predicted molar refractivity (Wildman–Crippen MR) is 108 cm³/mol. The van der Waals surface area contributed by atoms with E-state index in [1.54, 1.807) is 24.3 Å². The first-order valence-electron chi connectivity index (χ1n) is 9.30. The Kier molecular flexibility index (Phi) is 4.16. The van der Waals surface area contributed by atoms with Gasteiger partial charge in [0, 0.05) is 43.3 Å². The van der Waals surface area contributed by atoms with Crippen LogP contribution in [0.25, 0.3) is 10.9 Å². The van der Waals surface area contributed by atoms with Crippen LogP contribution in [0.2, 0.25) is 0 Å². The van der Waals surface area contributed by atoms with Gasteiger partial charge in [-0.25, -0.2) is 4.39 Å². The first-order chi connectivity index (χ1) is 14.4. The van der Waals surface area contributed by atoms with Crippen LogP contribution in [0.15, 0.2) is 42.6 Å². The molecular formula is C20H17FN4O4S. The van der Waals surface area contributed by atoms with Gasteiger partial charge in [0.25, 0.3) is 5.91 Å². The van der Waals surface area contributed by atoms with E-state index < -0.39 is 16.1 Å². The van der Waals surface area contributed by atoms with E-state index in [1.165, 1.54) is 27.5 Å². The van der Waals surface area contributed by atoms with E-state index in [4.69, 9.17) is 0 Å². The molecule has 0 unspecified atom stereocenters. The number of carbonyl (C=O) groups is 1. The monoisotopic (exact) mass is 428 g/mol. The molecule has 0 bridgehead atoms. The average Bonchev–Trinajstić information content (AvgIpc) is 3.23. The lowest BCUT2D eigenvalue weighted by atomic mass is 10.0. The zero-order chi connectivity index (χ0) is 21.0. The number of aromatic hydroxyl groups is 1. The van der Waals surface area contributed by atoms with Crippen molar-refractivity contribution in [1.29, 1.82) is 0 Å². The number of halogens is 1. The van der Waals surface area contributed by atoms with Crippen LogP contribution in [-0.4, -0.2) is 42.4 Å². The van der Waals surface area contributed by atoms with Gasteiger partial charge in [-0.3, -0.25) is 14.1 Å². The van der Waals surface area contributed by atoms with Gasteiger partial charge in [0.2, 0.25) is 0 Å². The SMILES string of the molecule is O=C1c2c(c(N3CCNS3(=O)=O)c3cccnc3c2O)CN1Cc1ccc(F)cc1. The summed E-state index contributed by atoms with van der Waals surface area (Å²) in [7, 11) is -3.76. The number of aromatic nitrogens is 1. The number of hydrogen-bond acceptors (Lipinski definition) is 5. The summed E-state index contributed by atoms with van der Waals surface area (Å²) in [6.07, 6.45) is 1.48. The topological polar surface area (TPSA) is 103 Å². The Hall–Kier alpha value is -3.24. The van der Waals surface area contributed by atoms with Gasteiger partial charge >= 0.3 is 10.2 Å².